The number of hydrogen-bond acceptors (Lipinski definition) is 3. The second-order valence-electron chi connectivity index (χ2n) is 13.7. The number of carbonyl (C=O) groups is 2. The van der Waals surface area contributed by atoms with E-state index in [0.717, 1.165) is 84.4 Å². The number of fused-ring (bicyclic) bond motifs is 3. The van der Waals surface area contributed by atoms with Gasteiger partial charge in [-0.2, -0.15) is 0 Å². The van der Waals surface area contributed by atoms with E-state index in [4.69, 9.17) is 0 Å². The molecule has 2 amide bonds. The van der Waals surface area contributed by atoms with Gasteiger partial charge in [0.15, 0.2) is 0 Å². The summed E-state index contributed by atoms with van der Waals surface area (Å²) in [6, 6.07) is 25.2. The van der Waals surface area contributed by atoms with Crippen LogP contribution in [0.25, 0.3) is 10.9 Å². The Hall–Kier alpha value is -3.58. The van der Waals surface area contributed by atoms with E-state index in [1.165, 1.54) is 11.1 Å². The van der Waals surface area contributed by atoms with Crippen LogP contribution in [0.4, 0.5) is 0 Å². The fourth-order valence-electron chi connectivity index (χ4n) is 9.04. The van der Waals surface area contributed by atoms with Gasteiger partial charge in [0.2, 0.25) is 11.8 Å². The van der Waals surface area contributed by atoms with Crippen LogP contribution in [0.1, 0.15) is 85.7 Å². The van der Waals surface area contributed by atoms with Crippen LogP contribution >= 0.6 is 15.9 Å². The van der Waals surface area contributed by atoms with Crippen molar-refractivity contribution in [3.63, 3.8) is 0 Å². The van der Waals surface area contributed by atoms with Gasteiger partial charge in [-0.25, -0.2) is 0 Å². The molecule has 45 heavy (non-hydrogen) atoms. The average molecular weight is 667 g/mol. The maximum atomic E-state index is 14.0. The Kier molecular flexibility index (Phi) is 7.47. The van der Waals surface area contributed by atoms with Crippen molar-refractivity contribution in [3.8, 4) is 5.75 Å². The summed E-state index contributed by atoms with van der Waals surface area (Å²) >= 11 is 3.83. The molecule has 4 aromatic rings. The number of nitrogens with one attached hydrogen (secondary N) is 1. The number of nitrogens with zero attached hydrogens (tertiary/aromatic N) is 2. The first-order chi connectivity index (χ1) is 22.0. The summed E-state index contributed by atoms with van der Waals surface area (Å²) in [7, 11) is 0. The molecular weight excluding hydrogens is 626 g/mol. The number of para-hydroxylation sites is 1. The van der Waals surface area contributed by atoms with Crippen molar-refractivity contribution in [3.05, 3.63) is 99.7 Å². The number of phenolic OH excluding ortho intramolecular Hbond substituents is 1. The number of benzene rings is 3. The minimum absolute atomic E-state index is 0.0226. The summed E-state index contributed by atoms with van der Waals surface area (Å²) in [5, 5.41) is 10.9. The van der Waals surface area contributed by atoms with Crippen LogP contribution in [-0.4, -0.2) is 43.8 Å². The molecule has 0 radical (unpaired) electrons. The lowest BCUT2D eigenvalue weighted by Crippen LogP contribution is -2.46. The van der Waals surface area contributed by atoms with E-state index in [0.29, 0.717) is 24.4 Å². The van der Waals surface area contributed by atoms with E-state index < -0.39 is 0 Å². The first-order valence-electron chi connectivity index (χ1n) is 16.7. The molecular formula is C38H40BrN3O3. The van der Waals surface area contributed by atoms with Crippen molar-refractivity contribution < 1.29 is 14.7 Å². The van der Waals surface area contributed by atoms with Gasteiger partial charge < -0.3 is 19.9 Å². The maximum absolute atomic E-state index is 14.0. The van der Waals surface area contributed by atoms with Crippen LogP contribution < -0.4 is 0 Å². The first kappa shape index (κ1) is 28.9. The van der Waals surface area contributed by atoms with E-state index in [1.54, 1.807) is 12.1 Å². The predicted molar refractivity (Wildman–Crippen MR) is 179 cm³/mol. The van der Waals surface area contributed by atoms with Gasteiger partial charge in [0.1, 0.15) is 5.75 Å². The molecule has 6 atom stereocenters. The van der Waals surface area contributed by atoms with Crippen LogP contribution in [0.2, 0.25) is 0 Å². The third-order valence-electron chi connectivity index (χ3n) is 11.3. The third-order valence-corrected chi connectivity index (χ3v) is 11.9. The molecule has 0 spiro atoms. The molecule has 0 aliphatic carbocycles. The Morgan fingerprint density at radius 2 is 1.24 bits per heavy atom. The van der Waals surface area contributed by atoms with E-state index in [1.807, 2.05) is 18.2 Å². The average Bonchev–Trinajstić information content (AvgIpc) is 3.77. The Morgan fingerprint density at radius 1 is 0.667 bits per heavy atom. The number of rotatable bonds is 6. The Morgan fingerprint density at radius 3 is 1.89 bits per heavy atom. The fourth-order valence-corrected chi connectivity index (χ4v) is 9.62. The lowest BCUT2D eigenvalue weighted by molar-refractivity contribution is -0.143. The number of hydrogen-bond donors (Lipinski definition) is 2. The molecule has 5 heterocycles. The zero-order valence-electron chi connectivity index (χ0n) is 25.5. The van der Waals surface area contributed by atoms with Crippen LogP contribution in [0.5, 0.6) is 5.75 Å². The second kappa shape index (κ2) is 11.7. The van der Waals surface area contributed by atoms with Gasteiger partial charge in [-0.1, -0.05) is 60.7 Å². The van der Waals surface area contributed by atoms with Crippen molar-refractivity contribution in [2.45, 2.75) is 88.4 Å². The number of carbonyl (C=O) groups excluding carboxylic acids is 2. The summed E-state index contributed by atoms with van der Waals surface area (Å²) in [5.74, 6) is 0.714. The highest BCUT2D eigenvalue weighted by molar-refractivity contribution is 9.10. The minimum atomic E-state index is -0.0696. The summed E-state index contributed by atoms with van der Waals surface area (Å²) in [6.07, 6.45) is 9.48. The second-order valence-corrected chi connectivity index (χ2v) is 14.5. The minimum Gasteiger partial charge on any atom is -0.508 e. The molecule has 3 aromatic carbocycles. The van der Waals surface area contributed by atoms with Crippen LogP contribution in [0, 0.1) is 11.8 Å². The van der Waals surface area contributed by atoms with Gasteiger partial charge in [0.25, 0.3) is 0 Å². The lowest BCUT2D eigenvalue weighted by Gasteiger charge is -2.38. The van der Waals surface area contributed by atoms with Crippen LogP contribution in [-0.2, 0) is 22.4 Å². The highest BCUT2D eigenvalue weighted by Gasteiger charge is 2.45. The molecule has 4 aliphatic heterocycles. The number of amides is 2. The largest absolute Gasteiger partial charge is 0.508 e. The van der Waals surface area contributed by atoms with Crippen molar-refractivity contribution in [1.29, 1.82) is 0 Å². The molecule has 6 unspecified atom stereocenters. The quantitative estimate of drug-likeness (QED) is 0.219. The number of aromatic hydroxyl groups is 1. The van der Waals surface area contributed by atoms with Gasteiger partial charge in [-0.15, -0.1) is 0 Å². The van der Waals surface area contributed by atoms with Crippen LogP contribution in [0.15, 0.2) is 77.4 Å². The Labute approximate surface area is 272 Å². The van der Waals surface area contributed by atoms with Crippen molar-refractivity contribution in [2.75, 3.05) is 0 Å². The Bertz CT molecular complexity index is 1730. The molecule has 7 heteroatoms. The van der Waals surface area contributed by atoms with Gasteiger partial charge in [0.05, 0.1) is 16.7 Å². The number of aromatic nitrogens is 1. The lowest BCUT2D eigenvalue weighted by atomic mass is 9.85. The number of phenols is 1. The molecule has 4 saturated heterocycles. The predicted octanol–water partition coefficient (Wildman–Crippen LogP) is 8.01. The first-order valence-corrected chi connectivity index (χ1v) is 17.5. The Balaban J connectivity index is 1.02. The van der Waals surface area contributed by atoms with Gasteiger partial charge in [0, 0.05) is 34.8 Å². The molecule has 2 N–H and O–H groups in total. The maximum Gasteiger partial charge on any atom is 0.226 e. The topological polar surface area (TPSA) is 76.6 Å². The summed E-state index contributed by atoms with van der Waals surface area (Å²) < 4.78 is 0.940. The van der Waals surface area contributed by atoms with E-state index >= 15 is 0 Å². The normalized spacial score (nSPS) is 28.1. The van der Waals surface area contributed by atoms with Crippen molar-refractivity contribution >= 4 is 38.6 Å². The van der Waals surface area contributed by atoms with Crippen LogP contribution in [0.3, 0.4) is 0 Å². The smallest absolute Gasteiger partial charge is 0.226 e. The van der Waals surface area contributed by atoms with Gasteiger partial charge in [-0.05, 0) is 115 Å². The summed E-state index contributed by atoms with van der Waals surface area (Å²) in [6.45, 7) is 0. The van der Waals surface area contributed by atoms with Gasteiger partial charge in [-0.3, -0.25) is 9.59 Å². The zero-order chi connectivity index (χ0) is 30.7. The molecule has 4 fully saturated rings. The fraction of sp³-hybridized carbons (Fsp3) is 0.421. The molecule has 6 nitrogen and oxygen atoms in total. The standard InChI is InChI=1S/C38H40BrN3O3/c39-36-32(22-27-10-14-29-16-20-34(42(29)38(27)45)24-11-17-30(43)18-12-24)31-8-4-7-25(35(31)40-36)21-26-9-13-28-15-19-33(41(28)37(26)44)23-5-2-1-3-6-23/h1-8,11-12,17-18,26-29,33-34,40,43H,9-10,13-16,19-22H2. The highest BCUT2D eigenvalue weighted by Crippen LogP contribution is 2.45. The molecule has 8 rings (SSSR count). The van der Waals surface area contributed by atoms with Gasteiger partial charge >= 0.3 is 0 Å². The summed E-state index contributed by atoms with van der Waals surface area (Å²) in [5.41, 5.74) is 5.77. The highest BCUT2D eigenvalue weighted by atomic mass is 79.9. The molecule has 4 aliphatic rings. The van der Waals surface area contributed by atoms with Crippen molar-refractivity contribution in [1.82, 2.24) is 14.8 Å². The van der Waals surface area contributed by atoms with E-state index in [2.05, 4.69) is 73.2 Å². The SMILES string of the molecule is O=C1C(Cc2c(Br)[nH]c3c(CC4CCC5CCC(c6ccccc6)N5C4=O)cccc23)CCC2CCC(c3ccc(O)cc3)N12. The zero-order valence-corrected chi connectivity index (χ0v) is 27.1. The van der Waals surface area contributed by atoms with E-state index in [-0.39, 0.29) is 35.6 Å². The summed E-state index contributed by atoms with van der Waals surface area (Å²) in [4.78, 5) is 36.0. The molecule has 232 valence electrons. The number of piperidine rings is 2. The molecule has 0 bridgehead atoms. The number of aromatic amines is 1. The third kappa shape index (κ3) is 5.08. The van der Waals surface area contributed by atoms with Crippen molar-refractivity contribution in [2.24, 2.45) is 11.8 Å². The molecule has 1 aromatic heterocycles. The number of H-pyrrole nitrogens is 1. The number of halogens is 1. The molecule has 0 saturated carbocycles. The monoisotopic (exact) mass is 665 g/mol. The van der Waals surface area contributed by atoms with E-state index in [9.17, 15) is 14.7 Å².